The van der Waals surface area contributed by atoms with E-state index in [1.165, 1.54) is 135 Å². The molecule has 1 fully saturated rings. The van der Waals surface area contributed by atoms with E-state index < -0.39 is 112 Å². The molecular weight excluding hydrogens is 1390 g/mol. The Morgan fingerprint density at radius 1 is 0.389 bits per heavy atom. The summed E-state index contributed by atoms with van der Waals surface area (Å²) in [6.07, 6.45) is 45.4. The van der Waals surface area contributed by atoms with Crippen LogP contribution in [0.15, 0.2) is 0 Å². The standard InChI is InChI=1S/C87H165N2O18P/c1-7-13-19-25-31-37-43-49-55-62-74(102-80(93)65-58-52-46-40-34-28-22-16-10-4)70-78(91)88-69-61-68-86(89-79(92)71-75(63-56-50-44-38-32-26-20-14-8-2)103-81(94)66-59-53-47-41-35-29-23-17-11-5)85(97)105-77(73-90)84(107-108(99,100)101)87(86,98)106-83(96)72-76(64-57-51-45-39-33-27-21-15-9-3)104-82(95)67-60-54-48-42-36-30-24-18-12-6/h74-77,84-85,90,97-98H,7-73H2,1-6H3,(H,88,91)(H,89,92)(H2,99,100,101)/t74-,75-,76-,77-,84-,85+,86?,87+/m1/s1. The summed E-state index contributed by atoms with van der Waals surface area (Å²) in [5.74, 6) is -7.60. The lowest BCUT2D eigenvalue weighted by molar-refractivity contribution is -0.380. The molecule has 1 aliphatic rings. The van der Waals surface area contributed by atoms with Crippen molar-refractivity contribution in [2.24, 2.45) is 0 Å². The average Bonchev–Trinajstić information content (AvgIpc) is 0.717. The molecule has 1 heterocycles. The minimum Gasteiger partial charge on any atom is -0.462 e. The van der Waals surface area contributed by atoms with E-state index in [-0.39, 0.29) is 57.5 Å². The van der Waals surface area contributed by atoms with Gasteiger partial charge in [0.1, 0.15) is 24.4 Å². The van der Waals surface area contributed by atoms with Crippen LogP contribution in [0.25, 0.3) is 0 Å². The number of phosphoric ester groups is 1. The quantitative estimate of drug-likeness (QED) is 0.00978. The van der Waals surface area contributed by atoms with Crippen LogP contribution >= 0.6 is 7.82 Å². The molecule has 1 rings (SSSR count). The van der Waals surface area contributed by atoms with Gasteiger partial charge in [-0.2, -0.15) is 0 Å². The first-order valence-electron chi connectivity index (χ1n) is 45.1. The zero-order valence-corrected chi connectivity index (χ0v) is 70.7. The Balaban J connectivity index is 3.92. The SMILES string of the molecule is CCCCCCCCCCCC(=O)O[C@H](CCCCCCCCCCC)CC(=O)NCCCC1(NC(=O)C[C@@H](CCCCCCCCCCC)OC(=O)CCCCCCCCCCC)[C@@H](O)O[C@H](CO)[C@@H](OP(=O)(O)O)[C@]1(O)OC(=O)C[C@@H](CCCCCCCCCCC)OC(=O)CCCCCCCCCCC. The number of hydrogen-bond donors (Lipinski definition) is 7. The Kier molecular flexibility index (Phi) is 65.9. The fourth-order valence-electron chi connectivity index (χ4n) is 15.0. The van der Waals surface area contributed by atoms with E-state index in [1.54, 1.807) is 0 Å². The molecule has 0 aromatic rings. The molecule has 0 saturated carbocycles. The molecule has 1 aliphatic heterocycles. The minimum atomic E-state index is -5.77. The zero-order chi connectivity index (χ0) is 79.5. The van der Waals surface area contributed by atoms with Crippen molar-refractivity contribution in [1.82, 2.24) is 10.6 Å². The highest BCUT2D eigenvalue weighted by Crippen LogP contribution is 2.49. The van der Waals surface area contributed by atoms with E-state index >= 15 is 4.79 Å². The summed E-state index contributed by atoms with van der Waals surface area (Å²) in [6, 6.07) is 0. The van der Waals surface area contributed by atoms with Crippen LogP contribution in [0.3, 0.4) is 0 Å². The third-order valence-corrected chi connectivity index (χ3v) is 22.2. The Hall–Kier alpha value is -3.23. The number of unbranched alkanes of at least 4 members (excludes halogenated alkanes) is 48. The minimum absolute atomic E-state index is 0.0911. The van der Waals surface area contributed by atoms with Gasteiger partial charge in [0.2, 0.25) is 11.8 Å². The first-order chi connectivity index (χ1) is 52.3. The lowest BCUT2D eigenvalue weighted by Gasteiger charge is -2.56. The van der Waals surface area contributed by atoms with Crippen LogP contribution in [0.2, 0.25) is 0 Å². The van der Waals surface area contributed by atoms with Crippen molar-refractivity contribution < 1.29 is 86.6 Å². The maximum Gasteiger partial charge on any atom is 0.470 e. The first kappa shape index (κ1) is 103. The first-order valence-corrected chi connectivity index (χ1v) is 46.6. The molecule has 0 spiro atoms. The second kappa shape index (κ2) is 69.3. The van der Waals surface area contributed by atoms with Gasteiger partial charge in [0, 0.05) is 25.8 Å². The van der Waals surface area contributed by atoms with Crippen molar-refractivity contribution in [2.45, 2.75) is 507 Å². The summed E-state index contributed by atoms with van der Waals surface area (Å²) in [4.78, 5) is 106. The summed E-state index contributed by atoms with van der Waals surface area (Å²) >= 11 is 0. The third kappa shape index (κ3) is 53.7. The number of amides is 2. The van der Waals surface area contributed by atoms with E-state index in [1.807, 2.05) is 0 Å². The van der Waals surface area contributed by atoms with Crippen LogP contribution in [0, 0.1) is 0 Å². The smallest absolute Gasteiger partial charge is 0.462 e. The van der Waals surface area contributed by atoms with Crippen molar-refractivity contribution in [1.29, 1.82) is 0 Å². The fraction of sp³-hybridized carbons (Fsp3) is 0.931. The number of carbonyl (C=O) groups is 6. The van der Waals surface area contributed by atoms with Gasteiger partial charge in [0.25, 0.3) is 5.79 Å². The van der Waals surface area contributed by atoms with Gasteiger partial charge in [-0.1, -0.05) is 350 Å². The van der Waals surface area contributed by atoms with Gasteiger partial charge in [0.05, 0.1) is 25.9 Å². The maximum absolute atomic E-state index is 15.2. The van der Waals surface area contributed by atoms with Gasteiger partial charge in [-0.3, -0.25) is 33.3 Å². The summed E-state index contributed by atoms with van der Waals surface area (Å²) in [5, 5.41) is 42.6. The summed E-state index contributed by atoms with van der Waals surface area (Å²) < 4.78 is 48.7. The Bertz CT molecular complexity index is 2240. The highest BCUT2D eigenvalue weighted by Gasteiger charge is 2.70. The van der Waals surface area contributed by atoms with Crippen LogP contribution in [0.1, 0.15) is 459 Å². The van der Waals surface area contributed by atoms with Crippen LogP contribution in [0.5, 0.6) is 0 Å². The van der Waals surface area contributed by atoms with Gasteiger partial charge in [-0.05, 0) is 70.6 Å². The number of ether oxygens (including phenoxy) is 5. The molecule has 0 bridgehead atoms. The normalized spacial score (nSPS) is 18.2. The number of carbonyl (C=O) groups excluding carboxylic acids is 6. The Labute approximate surface area is 657 Å². The van der Waals surface area contributed by atoms with Gasteiger partial charge < -0.3 is 59.4 Å². The Morgan fingerprint density at radius 3 is 0.963 bits per heavy atom. The average molecular weight is 1560 g/mol. The van der Waals surface area contributed by atoms with Crippen LogP contribution in [-0.4, -0.2) is 122 Å². The number of rotatable bonds is 78. The third-order valence-electron chi connectivity index (χ3n) is 21.7. The van der Waals surface area contributed by atoms with Crippen molar-refractivity contribution in [2.75, 3.05) is 13.2 Å². The highest BCUT2D eigenvalue weighted by molar-refractivity contribution is 7.46. The van der Waals surface area contributed by atoms with Gasteiger partial charge >= 0.3 is 31.7 Å². The number of phosphoric acid groups is 1. The number of aliphatic hydroxyl groups excluding tert-OH is 2. The lowest BCUT2D eigenvalue weighted by Crippen LogP contribution is -2.81. The van der Waals surface area contributed by atoms with E-state index in [2.05, 4.69) is 52.2 Å². The van der Waals surface area contributed by atoms with E-state index in [0.29, 0.717) is 38.5 Å². The van der Waals surface area contributed by atoms with E-state index in [4.69, 9.17) is 28.2 Å². The molecule has 0 aliphatic carbocycles. The molecule has 8 atom stereocenters. The predicted molar refractivity (Wildman–Crippen MR) is 434 cm³/mol. The summed E-state index contributed by atoms with van der Waals surface area (Å²) in [5.41, 5.74) is -2.82. The molecule has 2 amide bonds. The second-order valence-electron chi connectivity index (χ2n) is 31.9. The molecule has 108 heavy (non-hydrogen) atoms. The molecule has 1 unspecified atom stereocenters. The lowest BCUT2D eigenvalue weighted by atomic mass is 9.76. The Morgan fingerprint density at radius 2 is 0.667 bits per heavy atom. The molecule has 7 N–H and O–H groups in total. The van der Waals surface area contributed by atoms with Crippen LogP contribution in [-0.2, 0) is 61.5 Å². The van der Waals surface area contributed by atoms with Gasteiger partial charge in [-0.25, -0.2) is 4.57 Å². The fourth-order valence-corrected chi connectivity index (χ4v) is 15.6. The van der Waals surface area contributed by atoms with E-state index in [9.17, 15) is 53.6 Å². The summed E-state index contributed by atoms with van der Waals surface area (Å²) in [6.45, 7) is 11.8. The highest BCUT2D eigenvalue weighted by atomic mass is 31.2. The maximum atomic E-state index is 15.2. The molecule has 21 heteroatoms. The number of aliphatic hydroxyl groups is 3. The monoisotopic (exact) mass is 1560 g/mol. The predicted octanol–water partition coefficient (Wildman–Crippen LogP) is 21.6. The molecule has 1 saturated heterocycles. The number of esters is 4. The van der Waals surface area contributed by atoms with Gasteiger partial charge in [-0.15, -0.1) is 0 Å². The largest absolute Gasteiger partial charge is 0.470 e. The molecule has 0 aromatic heterocycles. The summed E-state index contributed by atoms with van der Waals surface area (Å²) in [7, 11) is -5.77. The van der Waals surface area contributed by atoms with Crippen molar-refractivity contribution in [3.05, 3.63) is 0 Å². The molecule has 0 radical (unpaired) electrons. The molecule has 0 aromatic carbocycles. The second-order valence-corrected chi connectivity index (χ2v) is 33.1. The van der Waals surface area contributed by atoms with Gasteiger partial charge in [0.15, 0.2) is 17.9 Å². The van der Waals surface area contributed by atoms with Crippen molar-refractivity contribution in [3.8, 4) is 0 Å². The molecular formula is C87H165N2O18P. The van der Waals surface area contributed by atoms with E-state index in [0.717, 1.165) is 180 Å². The van der Waals surface area contributed by atoms with Crippen LogP contribution < -0.4 is 10.6 Å². The number of hydrogen-bond acceptors (Lipinski definition) is 16. The van der Waals surface area contributed by atoms with Crippen molar-refractivity contribution >= 4 is 43.5 Å². The topological polar surface area (TPSA) is 300 Å². The number of nitrogens with one attached hydrogen (secondary N) is 2. The molecule has 20 nitrogen and oxygen atoms in total. The zero-order valence-electron chi connectivity index (χ0n) is 69.8. The van der Waals surface area contributed by atoms with Crippen molar-refractivity contribution in [3.63, 3.8) is 0 Å². The van der Waals surface area contributed by atoms with Crippen LogP contribution in [0.4, 0.5) is 0 Å². The molecule has 636 valence electrons.